The van der Waals surface area contributed by atoms with Gasteiger partial charge in [0.05, 0.1) is 0 Å². The lowest BCUT2D eigenvalue weighted by molar-refractivity contribution is 0.272. The highest BCUT2D eigenvalue weighted by Gasteiger charge is 2.32. The molecule has 2 aromatic rings. The number of aromatic nitrogens is 2. The fourth-order valence-corrected chi connectivity index (χ4v) is 5.01. The zero-order valence-corrected chi connectivity index (χ0v) is 15.8. The van der Waals surface area contributed by atoms with Gasteiger partial charge in [-0.2, -0.15) is 4.31 Å². The number of nitrogens with zero attached hydrogens (tertiary/aromatic N) is 3. The fourth-order valence-electron chi connectivity index (χ4n) is 3.39. The number of benzene rings is 1. The van der Waals surface area contributed by atoms with Gasteiger partial charge in [-0.1, -0.05) is 30.3 Å². The summed E-state index contributed by atoms with van der Waals surface area (Å²) < 4.78 is 29.1. The van der Waals surface area contributed by atoms with Crippen LogP contribution in [0.5, 0.6) is 0 Å². The van der Waals surface area contributed by atoms with Gasteiger partial charge in [0.15, 0.2) is 4.90 Å². The molecule has 7 nitrogen and oxygen atoms in total. The smallest absolute Gasteiger partial charge is 0.302 e. The number of hydrogen-bond acceptors (Lipinski definition) is 4. The molecule has 2 heterocycles. The van der Waals surface area contributed by atoms with E-state index in [9.17, 15) is 18.0 Å². The second kappa shape index (κ2) is 7.20. The first-order valence-electron chi connectivity index (χ1n) is 8.61. The number of hydrogen-bond donors (Lipinski definition) is 0. The van der Waals surface area contributed by atoms with Crippen molar-refractivity contribution in [3.8, 4) is 0 Å². The van der Waals surface area contributed by atoms with Crippen LogP contribution in [0.15, 0.2) is 51.0 Å². The zero-order valence-electron chi connectivity index (χ0n) is 15.0. The largest absolute Gasteiger partial charge is 0.330 e. The fraction of sp³-hybridized carbons (Fsp3) is 0.444. The van der Waals surface area contributed by atoms with Gasteiger partial charge in [0.2, 0.25) is 10.0 Å². The Kier molecular flexibility index (Phi) is 5.15. The molecule has 1 aromatic carbocycles. The predicted octanol–water partition coefficient (Wildman–Crippen LogP) is 0.727. The van der Waals surface area contributed by atoms with Crippen LogP contribution in [-0.2, 0) is 30.5 Å². The van der Waals surface area contributed by atoms with Gasteiger partial charge < -0.3 is 4.57 Å². The molecule has 0 bridgehead atoms. The SMILES string of the molecule is Cn1cc(S(=O)(=O)N2CCC(Cc3ccccc3)CC2)c(=O)n(C)c1=O. The molecule has 8 heteroatoms. The molecule has 0 atom stereocenters. The number of aryl methyl sites for hydroxylation is 1. The molecule has 0 amide bonds. The van der Waals surface area contributed by atoms with E-state index in [4.69, 9.17) is 0 Å². The summed E-state index contributed by atoms with van der Waals surface area (Å²) in [6.07, 6.45) is 3.55. The van der Waals surface area contributed by atoms with Gasteiger partial charge in [0.25, 0.3) is 5.56 Å². The molecule has 0 spiro atoms. The maximum Gasteiger partial charge on any atom is 0.330 e. The summed E-state index contributed by atoms with van der Waals surface area (Å²) in [5, 5.41) is 0. The van der Waals surface area contributed by atoms with Crippen LogP contribution in [0.4, 0.5) is 0 Å². The van der Waals surface area contributed by atoms with Crippen molar-refractivity contribution in [2.45, 2.75) is 24.2 Å². The summed E-state index contributed by atoms with van der Waals surface area (Å²) >= 11 is 0. The molecule has 3 rings (SSSR count). The summed E-state index contributed by atoms with van der Waals surface area (Å²) in [5.41, 5.74) is -0.0734. The highest BCUT2D eigenvalue weighted by molar-refractivity contribution is 7.89. The monoisotopic (exact) mass is 377 g/mol. The Morgan fingerprint density at radius 2 is 1.65 bits per heavy atom. The van der Waals surface area contributed by atoms with Crippen molar-refractivity contribution in [2.75, 3.05) is 13.1 Å². The molecule has 1 fully saturated rings. The Labute approximate surface area is 152 Å². The predicted molar refractivity (Wildman–Crippen MR) is 98.6 cm³/mol. The molecule has 1 aliphatic heterocycles. The third-order valence-electron chi connectivity index (χ3n) is 4.97. The van der Waals surface area contributed by atoms with Crippen LogP contribution in [-0.4, -0.2) is 34.9 Å². The maximum atomic E-state index is 12.9. The third-order valence-corrected chi connectivity index (χ3v) is 6.85. The van der Waals surface area contributed by atoms with E-state index < -0.39 is 21.3 Å². The van der Waals surface area contributed by atoms with Gasteiger partial charge in [0, 0.05) is 33.4 Å². The van der Waals surface area contributed by atoms with E-state index in [1.54, 1.807) is 0 Å². The van der Waals surface area contributed by atoms with E-state index >= 15 is 0 Å². The summed E-state index contributed by atoms with van der Waals surface area (Å²) in [6.45, 7) is 0.762. The van der Waals surface area contributed by atoms with Crippen molar-refractivity contribution in [1.82, 2.24) is 13.4 Å². The Morgan fingerprint density at radius 3 is 2.27 bits per heavy atom. The highest BCUT2D eigenvalue weighted by atomic mass is 32.2. The minimum Gasteiger partial charge on any atom is -0.302 e. The van der Waals surface area contributed by atoms with Crippen LogP contribution in [0.3, 0.4) is 0 Å². The summed E-state index contributed by atoms with van der Waals surface area (Å²) in [7, 11) is -1.19. The Balaban J connectivity index is 1.77. The molecule has 1 saturated heterocycles. The molecule has 0 aliphatic carbocycles. The van der Waals surface area contributed by atoms with Crippen LogP contribution in [0.25, 0.3) is 0 Å². The van der Waals surface area contributed by atoms with E-state index in [-0.39, 0.29) is 4.90 Å². The first kappa shape index (κ1) is 18.6. The number of rotatable bonds is 4. The molecular weight excluding hydrogens is 354 g/mol. The van der Waals surface area contributed by atoms with Crippen LogP contribution in [0.1, 0.15) is 18.4 Å². The Bertz CT molecular complexity index is 1000. The zero-order chi connectivity index (χ0) is 18.9. The van der Waals surface area contributed by atoms with Crippen molar-refractivity contribution in [2.24, 2.45) is 20.0 Å². The van der Waals surface area contributed by atoms with E-state index in [0.29, 0.717) is 19.0 Å². The molecule has 140 valence electrons. The van der Waals surface area contributed by atoms with Crippen LogP contribution >= 0.6 is 0 Å². The molecule has 0 saturated carbocycles. The second-order valence-electron chi connectivity index (χ2n) is 6.79. The van der Waals surface area contributed by atoms with Gasteiger partial charge in [-0.15, -0.1) is 0 Å². The molecule has 1 aromatic heterocycles. The highest BCUT2D eigenvalue weighted by Crippen LogP contribution is 2.25. The second-order valence-corrected chi connectivity index (χ2v) is 8.69. The van der Waals surface area contributed by atoms with Crippen molar-refractivity contribution < 1.29 is 8.42 Å². The first-order chi connectivity index (χ1) is 12.3. The minimum absolute atomic E-state index is 0.344. The summed E-state index contributed by atoms with van der Waals surface area (Å²) in [5.74, 6) is 0.423. The van der Waals surface area contributed by atoms with Crippen LogP contribution in [0, 0.1) is 5.92 Å². The van der Waals surface area contributed by atoms with Crippen LogP contribution in [0.2, 0.25) is 0 Å². The minimum atomic E-state index is -3.91. The maximum absolute atomic E-state index is 12.9. The van der Waals surface area contributed by atoms with E-state index in [2.05, 4.69) is 12.1 Å². The van der Waals surface area contributed by atoms with Crippen molar-refractivity contribution in [3.05, 3.63) is 62.9 Å². The van der Waals surface area contributed by atoms with Crippen molar-refractivity contribution in [3.63, 3.8) is 0 Å². The Hall–Kier alpha value is -2.19. The van der Waals surface area contributed by atoms with Crippen molar-refractivity contribution in [1.29, 1.82) is 0 Å². The molecule has 0 N–H and O–H groups in total. The molecule has 0 unspecified atom stereocenters. The van der Waals surface area contributed by atoms with Gasteiger partial charge in [0.1, 0.15) is 0 Å². The summed E-state index contributed by atoms with van der Waals surface area (Å²) in [4.78, 5) is 23.7. The van der Waals surface area contributed by atoms with Crippen molar-refractivity contribution >= 4 is 10.0 Å². The summed E-state index contributed by atoms with van der Waals surface area (Å²) in [6, 6.07) is 10.1. The lowest BCUT2D eigenvalue weighted by Gasteiger charge is -2.31. The average molecular weight is 377 g/mol. The normalized spacial score (nSPS) is 16.7. The number of sulfonamides is 1. The van der Waals surface area contributed by atoms with Gasteiger partial charge >= 0.3 is 5.69 Å². The van der Waals surface area contributed by atoms with Gasteiger partial charge in [-0.25, -0.2) is 13.2 Å². The van der Waals surface area contributed by atoms with E-state index in [0.717, 1.165) is 34.6 Å². The molecular formula is C18H23N3O4S. The molecule has 1 aliphatic rings. The quantitative estimate of drug-likeness (QED) is 0.787. The standard InChI is InChI=1S/C18H23N3O4S/c1-19-13-16(17(22)20(2)18(19)23)26(24,25)21-10-8-15(9-11-21)12-14-6-4-3-5-7-14/h3-7,13,15H,8-12H2,1-2H3. The lowest BCUT2D eigenvalue weighted by atomic mass is 9.91. The molecule has 26 heavy (non-hydrogen) atoms. The molecule has 0 radical (unpaired) electrons. The topological polar surface area (TPSA) is 81.4 Å². The third kappa shape index (κ3) is 3.52. The van der Waals surface area contributed by atoms with Gasteiger partial charge in [-0.05, 0) is 30.7 Å². The lowest BCUT2D eigenvalue weighted by Crippen LogP contribution is -2.44. The van der Waals surface area contributed by atoms with Gasteiger partial charge in [-0.3, -0.25) is 9.36 Å². The number of piperidine rings is 1. The van der Waals surface area contributed by atoms with E-state index in [1.165, 1.54) is 24.0 Å². The van der Waals surface area contributed by atoms with E-state index in [1.807, 2.05) is 18.2 Å². The Morgan fingerprint density at radius 1 is 1.04 bits per heavy atom. The average Bonchev–Trinajstić information content (AvgIpc) is 2.64. The first-order valence-corrected chi connectivity index (χ1v) is 10.1. The van der Waals surface area contributed by atoms with Crippen LogP contribution < -0.4 is 11.2 Å².